The van der Waals surface area contributed by atoms with Crippen LogP contribution in [-0.2, 0) is 11.4 Å². The first kappa shape index (κ1) is 11.3. The number of halogens is 1. The van der Waals surface area contributed by atoms with Gasteiger partial charge in [0.05, 0.1) is 19.8 Å². The average Bonchev–Trinajstić information content (AvgIpc) is 2.20. The van der Waals surface area contributed by atoms with Gasteiger partial charge in [0.15, 0.2) is 0 Å². The van der Waals surface area contributed by atoms with Crippen LogP contribution in [0, 0.1) is 0 Å². The highest BCUT2D eigenvalue weighted by Crippen LogP contribution is 2.33. The molecule has 78 valence electrons. The van der Waals surface area contributed by atoms with Gasteiger partial charge in [-0.15, -0.1) is 0 Å². The Labute approximate surface area is 91.0 Å². The molecule has 4 nitrogen and oxygen atoms in total. The van der Waals surface area contributed by atoms with Gasteiger partial charge < -0.3 is 9.47 Å². The fourth-order valence-electron chi connectivity index (χ4n) is 1.18. The Morgan fingerprint density at radius 2 is 1.71 bits per heavy atom. The number of ether oxygens (including phenoxy) is 2. The van der Waals surface area contributed by atoms with Crippen molar-refractivity contribution in [3.63, 3.8) is 0 Å². The van der Waals surface area contributed by atoms with Crippen molar-refractivity contribution in [1.82, 2.24) is 0 Å². The van der Waals surface area contributed by atoms with Crippen molar-refractivity contribution in [2.45, 2.75) is 6.61 Å². The summed E-state index contributed by atoms with van der Waals surface area (Å²) in [4.78, 5) is 4.58. The van der Waals surface area contributed by atoms with E-state index in [2.05, 4.69) is 20.8 Å². The number of rotatable bonds is 4. The topological polar surface area (TPSA) is 53.7 Å². The summed E-state index contributed by atoms with van der Waals surface area (Å²) >= 11 is 3.35. The molecule has 0 saturated heterocycles. The zero-order chi connectivity index (χ0) is 10.6. The Bertz CT molecular complexity index is 292. The summed E-state index contributed by atoms with van der Waals surface area (Å²) < 4.78 is 11.2. The molecule has 1 aromatic rings. The van der Waals surface area contributed by atoms with Crippen molar-refractivity contribution in [2.24, 2.45) is 5.90 Å². The lowest BCUT2D eigenvalue weighted by Gasteiger charge is -2.12. The zero-order valence-electron chi connectivity index (χ0n) is 8.04. The summed E-state index contributed by atoms with van der Waals surface area (Å²) in [6, 6.07) is 3.66. The van der Waals surface area contributed by atoms with Crippen LogP contribution < -0.4 is 15.4 Å². The normalized spacial score (nSPS) is 10.0. The molecule has 0 spiro atoms. The molecule has 2 N–H and O–H groups in total. The van der Waals surface area contributed by atoms with E-state index in [-0.39, 0.29) is 6.61 Å². The van der Waals surface area contributed by atoms with Crippen LogP contribution in [0.4, 0.5) is 0 Å². The molecule has 0 saturated carbocycles. The molecule has 0 aliphatic heterocycles. The maximum atomic E-state index is 5.18. The Morgan fingerprint density at radius 3 is 2.07 bits per heavy atom. The molecule has 14 heavy (non-hydrogen) atoms. The van der Waals surface area contributed by atoms with E-state index in [0.717, 1.165) is 10.0 Å². The second-order valence-corrected chi connectivity index (χ2v) is 3.52. The third-order valence-corrected chi connectivity index (χ3v) is 2.26. The third-order valence-electron chi connectivity index (χ3n) is 1.80. The first-order valence-corrected chi connectivity index (χ1v) is 4.74. The lowest BCUT2D eigenvalue weighted by Crippen LogP contribution is -2.03. The van der Waals surface area contributed by atoms with Gasteiger partial charge >= 0.3 is 0 Å². The molecule has 5 heteroatoms. The molecule has 1 aromatic carbocycles. The molecule has 0 aliphatic carbocycles. The van der Waals surface area contributed by atoms with E-state index in [1.54, 1.807) is 14.2 Å². The molecule has 0 bridgehead atoms. The zero-order valence-corrected chi connectivity index (χ0v) is 9.63. The van der Waals surface area contributed by atoms with E-state index in [9.17, 15) is 0 Å². The van der Waals surface area contributed by atoms with Crippen molar-refractivity contribution in [3.8, 4) is 11.5 Å². The van der Waals surface area contributed by atoms with E-state index in [4.69, 9.17) is 15.4 Å². The summed E-state index contributed by atoms with van der Waals surface area (Å²) in [6.45, 7) is 0.250. The highest BCUT2D eigenvalue weighted by Gasteiger charge is 2.11. The Kier molecular flexibility index (Phi) is 4.19. The molecule has 0 aromatic heterocycles. The fourth-order valence-corrected chi connectivity index (χ4v) is 1.59. The highest BCUT2D eigenvalue weighted by atomic mass is 79.9. The van der Waals surface area contributed by atoms with Gasteiger partial charge in [-0.3, -0.25) is 4.84 Å². The monoisotopic (exact) mass is 261 g/mol. The van der Waals surface area contributed by atoms with Crippen molar-refractivity contribution in [1.29, 1.82) is 0 Å². The molecule has 1 rings (SSSR count). The third kappa shape index (κ3) is 2.37. The van der Waals surface area contributed by atoms with Crippen molar-refractivity contribution in [3.05, 3.63) is 22.2 Å². The Balaban J connectivity index is 3.18. The van der Waals surface area contributed by atoms with E-state index >= 15 is 0 Å². The van der Waals surface area contributed by atoms with E-state index in [1.165, 1.54) is 0 Å². The quantitative estimate of drug-likeness (QED) is 0.841. The Morgan fingerprint density at radius 1 is 1.21 bits per heavy atom. The summed E-state index contributed by atoms with van der Waals surface area (Å²) in [6.07, 6.45) is 0. The van der Waals surface area contributed by atoms with Gasteiger partial charge in [0, 0.05) is 4.47 Å². The maximum absolute atomic E-state index is 5.18. The minimum atomic E-state index is 0.250. The van der Waals surface area contributed by atoms with Crippen molar-refractivity contribution >= 4 is 15.9 Å². The smallest absolute Gasteiger partial charge is 0.129 e. The van der Waals surface area contributed by atoms with Gasteiger partial charge in [0.2, 0.25) is 0 Å². The fraction of sp³-hybridized carbons (Fsp3) is 0.333. The van der Waals surface area contributed by atoms with Crippen LogP contribution in [-0.4, -0.2) is 14.2 Å². The molecular weight excluding hydrogens is 250 g/mol. The standard InChI is InChI=1S/C9H12BrNO3/c1-12-8-3-6(10)4-9(13-2)7(8)5-14-11/h3-4H,5,11H2,1-2H3. The molecule has 0 heterocycles. The van der Waals surface area contributed by atoms with Crippen LogP contribution >= 0.6 is 15.9 Å². The van der Waals surface area contributed by atoms with Gasteiger partial charge in [0.25, 0.3) is 0 Å². The SMILES string of the molecule is COc1cc(Br)cc(OC)c1CON. The number of nitrogens with two attached hydrogens (primary N) is 1. The van der Waals surface area contributed by atoms with E-state index in [0.29, 0.717) is 11.5 Å². The largest absolute Gasteiger partial charge is 0.496 e. The van der Waals surface area contributed by atoms with E-state index < -0.39 is 0 Å². The second-order valence-electron chi connectivity index (χ2n) is 2.60. The summed E-state index contributed by atoms with van der Waals surface area (Å²) in [5.74, 6) is 6.39. The first-order valence-electron chi connectivity index (χ1n) is 3.95. The summed E-state index contributed by atoms with van der Waals surface area (Å²) in [7, 11) is 3.17. The van der Waals surface area contributed by atoms with Gasteiger partial charge in [-0.25, -0.2) is 5.90 Å². The predicted octanol–water partition coefficient (Wildman–Crippen LogP) is 1.86. The summed E-state index contributed by atoms with van der Waals surface area (Å²) in [5, 5.41) is 0. The lowest BCUT2D eigenvalue weighted by molar-refractivity contribution is 0.120. The average molecular weight is 262 g/mol. The van der Waals surface area contributed by atoms with Crippen molar-refractivity contribution in [2.75, 3.05) is 14.2 Å². The minimum absolute atomic E-state index is 0.250. The van der Waals surface area contributed by atoms with Gasteiger partial charge in [0.1, 0.15) is 18.1 Å². The Hall–Kier alpha value is -0.780. The van der Waals surface area contributed by atoms with Crippen molar-refractivity contribution < 1.29 is 14.3 Å². The van der Waals surface area contributed by atoms with Crippen LogP contribution in [0.15, 0.2) is 16.6 Å². The molecule has 0 amide bonds. The van der Waals surface area contributed by atoms with Crippen LogP contribution in [0.5, 0.6) is 11.5 Å². The second kappa shape index (κ2) is 5.19. The van der Waals surface area contributed by atoms with Crippen LogP contribution in [0.1, 0.15) is 5.56 Å². The van der Waals surface area contributed by atoms with Gasteiger partial charge in [-0.1, -0.05) is 15.9 Å². The molecule has 0 aliphatic rings. The van der Waals surface area contributed by atoms with Gasteiger partial charge in [-0.2, -0.15) is 0 Å². The molecule has 0 radical (unpaired) electrons. The summed E-state index contributed by atoms with van der Waals surface area (Å²) in [5.41, 5.74) is 0.792. The minimum Gasteiger partial charge on any atom is -0.496 e. The van der Waals surface area contributed by atoms with Gasteiger partial charge in [-0.05, 0) is 12.1 Å². The van der Waals surface area contributed by atoms with Crippen LogP contribution in [0.3, 0.4) is 0 Å². The van der Waals surface area contributed by atoms with E-state index in [1.807, 2.05) is 12.1 Å². The molecule has 0 fully saturated rings. The molecular formula is C9H12BrNO3. The number of methoxy groups -OCH3 is 2. The molecule has 0 unspecified atom stereocenters. The number of hydrogen-bond acceptors (Lipinski definition) is 4. The van der Waals surface area contributed by atoms with Crippen LogP contribution in [0.2, 0.25) is 0 Å². The number of hydrogen-bond donors (Lipinski definition) is 1. The highest BCUT2D eigenvalue weighted by molar-refractivity contribution is 9.10. The lowest BCUT2D eigenvalue weighted by atomic mass is 10.2. The maximum Gasteiger partial charge on any atom is 0.129 e. The molecule has 0 atom stereocenters. The predicted molar refractivity (Wildman–Crippen MR) is 56.2 cm³/mol. The first-order chi connectivity index (χ1) is 6.72. The van der Waals surface area contributed by atoms with Crippen LogP contribution in [0.25, 0.3) is 0 Å². The number of benzene rings is 1.